The van der Waals surface area contributed by atoms with E-state index in [-0.39, 0.29) is 23.2 Å². The predicted octanol–water partition coefficient (Wildman–Crippen LogP) is 7.51. The lowest BCUT2D eigenvalue weighted by Crippen LogP contribution is -2.22. The van der Waals surface area contributed by atoms with E-state index >= 15 is 0 Å². The number of phenols is 1. The smallest absolute Gasteiger partial charge is 0.220 e. The molecule has 8 nitrogen and oxygen atoms in total. The summed E-state index contributed by atoms with van der Waals surface area (Å²) in [4.78, 5) is 12.3. The zero-order chi connectivity index (χ0) is 33.7. The van der Waals surface area contributed by atoms with Crippen LogP contribution in [0.2, 0.25) is 0 Å². The molecule has 10 N–H and O–H groups in total. The Kier molecular flexibility index (Phi) is 17.2. The summed E-state index contributed by atoms with van der Waals surface area (Å²) in [6.45, 7) is 0.873. The quantitative estimate of drug-likeness (QED) is 0.0414. The molecule has 0 bridgehead atoms. The van der Waals surface area contributed by atoms with Gasteiger partial charge < -0.3 is 38.1 Å². The van der Waals surface area contributed by atoms with Gasteiger partial charge >= 0.3 is 0 Å². The number of aromatic hydroxyl groups is 1. The number of para-hydroxylation sites is 1. The second-order valence-corrected chi connectivity index (χ2v) is 12.9. The van der Waals surface area contributed by atoms with Gasteiger partial charge in [-0.05, 0) is 61.8 Å². The zero-order valence-electron chi connectivity index (χ0n) is 28.4. The number of nitrogens with two attached hydrogens (primary N) is 4. The SMILES string of the molecule is NC(N)=C(/C=C(\N)c1ccccc1O)OCCc1ccc(CNC(=O)CCCCCCCCCCCCCCC(N)=C2CCC2)cc1. The third-order valence-electron chi connectivity index (χ3n) is 8.96. The molecule has 0 spiro atoms. The second-order valence-electron chi connectivity index (χ2n) is 12.9. The van der Waals surface area contributed by atoms with E-state index in [9.17, 15) is 9.90 Å². The Morgan fingerprint density at radius 2 is 1.30 bits per heavy atom. The number of hydrogen-bond acceptors (Lipinski definition) is 7. The molecular weight excluding hydrogens is 586 g/mol. The first-order valence-electron chi connectivity index (χ1n) is 17.8. The van der Waals surface area contributed by atoms with Gasteiger partial charge in [0.25, 0.3) is 0 Å². The van der Waals surface area contributed by atoms with Crippen LogP contribution >= 0.6 is 0 Å². The minimum Gasteiger partial charge on any atom is -0.507 e. The number of hydrogen-bond donors (Lipinski definition) is 6. The third kappa shape index (κ3) is 14.9. The molecule has 3 rings (SSSR count). The highest BCUT2D eigenvalue weighted by molar-refractivity contribution is 5.75. The van der Waals surface area contributed by atoms with Gasteiger partial charge in [-0.15, -0.1) is 0 Å². The average Bonchev–Trinajstić information content (AvgIpc) is 3.03. The molecule has 0 aromatic heterocycles. The molecule has 0 saturated heterocycles. The van der Waals surface area contributed by atoms with Crippen molar-refractivity contribution >= 4 is 11.6 Å². The van der Waals surface area contributed by atoms with E-state index in [2.05, 4.69) is 5.32 Å². The highest BCUT2D eigenvalue weighted by Crippen LogP contribution is 2.28. The minimum absolute atomic E-state index is 0.0103. The van der Waals surface area contributed by atoms with Gasteiger partial charge in [-0.1, -0.05) is 106 Å². The van der Waals surface area contributed by atoms with Crippen LogP contribution in [0.5, 0.6) is 5.75 Å². The molecule has 0 aliphatic heterocycles. The lowest BCUT2D eigenvalue weighted by molar-refractivity contribution is -0.121. The Balaban J connectivity index is 1.16. The Labute approximate surface area is 282 Å². The summed E-state index contributed by atoms with van der Waals surface area (Å²) in [5.41, 5.74) is 29.5. The van der Waals surface area contributed by atoms with E-state index < -0.39 is 0 Å². The van der Waals surface area contributed by atoms with E-state index in [1.54, 1.807) is 24.3 Å². The van der Waals surface area contributed by atoms with Gasteiger partial charge in [0.15, 0.2) is 5.76 Å². The van der Waals surface area contributed by atoms with Crippen LogP contribution in [-0.2, 0) is 22.5 Å². The summed E-state index contributed by atoms with van der Waals surface area (Å²) in [6.07, 6.45) is 22.8. The molecule has 0 radical (unpaired) electrons. The van der Waals surface area contributed by atoms with Crippen LogP contribution in [0.25, 0.3) is 5.70 Å². The van der Waals surface area contributed by atoms with E-state index in [0.717, 1.165) is 30.4 Å². The molecule has 2 aromatic rings. The highest BCUT2D eigenvalue weighted by atomic mass is 16.5. The zero-order valence-corrected chi connectivity index (χ0v) is 28.4. The maximum absolute atomic E-state index is 12.3. The topological polar surface area (TPSA) is 163 Å². The molecule has 0 atom stereocenters. The summed E-state index contributed by atoms with van der Waals surface area (Å²) in [5.74, 6) is 0.447. The number of rotatable bonds is 23. The van der Waals surface area contributed by atoms with Gasteiger partial charge in [0, 0.05) is 42.4 Å². The number of ether oxygens (including phenoxy) is 1. The van der Waals surface area contributed by atoms with Crippen molar-refractivity contribution in [3.05, 3.63) is 94.1 Å². The molecule has 2 aromatic carbocycles. The summed E-state index contributed by atoms with van der Waals surface area (Å²) in [7, 11) is 0. The number of phenolic OH excluding ortho intramolecular Hbond substituents is 1. The van der Waals surface area contributed by atoms with Crippen molar-refractivity contribution < 1.29 is 14.6 Å². The van der Waals surface area contributed by atoms with Gasteiger partial charge in [0.05, 0.1) is 6.61 Å². The summed E-state index contributed by atoms with van der Waals surface area (Å²) < 4.78 is 5.79. The van der Waals surface area contributed by atoms with E-state index in [0.29, 0.717) is 37.3 Å². The van der Waals surface area contributed by atoms with Crippen molar-refractivity contribution in [3.63, 3.8) is 0 Å². The van der Waals surface area contributed by atoms with Crippen LogP contribution < -0.4 is 28.3 Å². The molecule has 1 saturated carbocycles. The number of amides is 1. The van der Waals surface area contributed by atoms with E-state index in [1.165, 1.54) is 101 Å². The lowest BCUT2D eigenvalue weighted by Gasteiger charge is -2.19. The van der Waals surface area contributed by atoms with E-state index in [1.807, 2.05) is 24.3 Å². The number of carbonyl (C=O) groups is 1. The highest BCUT2D eigenvalue weighted by Gasteiger charge is 2.12. The number of carbonyl (C=O) groups excluding carboxylic acids is 1. The summed E-state index contributed by atoms with van der Waals surface area (Å²) in [5, 5.41) is 13.1. The normalized spacial score (nSPS) is 12.8. The Morgan fingerprint density at radius 1 is 0.745 bits per heavy atom. The number of nitrogens with one attached hydrogen (secondary N) is 1. The summed E-state index contributed by atoms with van der Waals surface area (Å²) in [6, 6.07) is 14.9. The predicted molar refractivity (Wildman–Crippen MR) is 193 cm³/mol. The maximum Gasteiger partial charge on any atom is 0.220 e. The molecule has 8 heteroatoms. The van der Waals surface area contributed by atoms with Crippen LogP contribution in [0.4, 0.5) is 0 Å². The number of unbranched alkanes of at least 4 members (excludes halogenated alkanes) is 11. The second kappa shape index (κ2) is 21.7. The molecule has 0 unspecified atom stereocenters. The Bertz CT molecular complexity index is 1310. The molecule has 1 amide bonds. The molecule has 1 aliphatic carbocycles. The monoisotopic (exact) mass is 645 g/mol. The lowest BCUT2D eigenvalue weighted by atomic mass is 9.89. The van der Waals surface area contributed by atoms with Crippen LogP contribution in [0.15, 0.2) is 77.5 Å². The molecular formula is C39H59N5O3. The minimum atomic E-state index is 0.0103. The van der Waals surface area contributed by atoms with Crippen LogP contribution in [-0.4, -0.2) is 17.6 Å². The number of benzene rings is 2. The van der Waals surface area contributed by atoms with Gasteiger partial charge in [0.1, 0.15) is 11.6 Å². The Morgan fingerprint density at radius 3 is 1.85 bits per heavy atom. The third-order valence-corrected chi connectivity index (χ3v) is 8.96. The van der Waals surface area contributed by atoms with Crippen LogP contribution in [0.1, 0.15) is 126 Å². The molecule has 258 valence electrons. The van der Waals surface area contributed by atoms with Crippen molar-refractivity contribution in [1.29, 1.82) is 0 Å². The fraction of sp³-hybridized carbons (Fsp3) is 0.513. The maximum atomic E-state index is 12.3. The standard InChI is InChI=1S/C39H59N5O3/c40-34(32-16-15-17-32)19-11-9-7-5-3-1-2-4-6-8-10-12-21-38(46)44-29-31-24-22-30(23-25-31)26-27-47-37(39(42)43)28-35(41)33-18-13-14-20-36(33)45/h13-14,18,20,22-25,28,45H,1-12,15-17,19,21,26-27,29,40-43H2,(H,44,46)/b35-28-. The van der Waals surface area contributed by atoms with Gasteiger partial charge in [-0.3, -0.25) is 4.79 Å². The van der Waals surface area contributed by atoms with E-state index in [4.69, 9.17) is 27.7 Å². The number of allylic oxidation sites excluding steroid dienone is 3. The van der Waals surface area contributed by atoms with Crippen LogP contribution in [0.3, 0.4) is 0 Å². The fourth-order valence-electron chi connectivity index (χ4n) is 5.76. The molecule has 47 heavy (non-hydrogen) atoms. The van der Waals surface area contributed by atoms with Gasteiger partial charge in [-0.25, -0.2) is 0 Å². The fourth-order valence-corrected chi connectivity index (χ4v) is 5.76. The first-order valence-corrected chi connectivity index (χ1v) is 17.8. The van der Waals surface area contributed by atoms with Crippen molar-refractivity contribution in [3.8, 4) is 5.75 Å². The molecule has 1 aliphatic rings. The van der Waals surface area contributed by atoms with Crippen molar-refractivity contribution in [2.75, 3.05) is 6.61 Å². The van der Waals surface area contributed by atoms with Crippen molar-refractivity contribution in [2.24, 2.45) is 22.9 Å². The molecule has 1 fully saturated rings. The average molecular weight is 646 g/mol. The first kappa shape index (κ1) is 37.4. The van der Waals surface area contributed by atoms with Crippen molar-refractivity contribution in [1.82, 2.24) is 5.32 Å². The Hall–Kier alpha value is -4.07. The first-order chi connectivity index (χ1) is 22.8. The van der Waals surface area contributed by atoms with Gasteiger partial charge in [0.2, 0.25) is 5.91 Å². The van der Waals surface area contributed by atoms with Crippen molar-refractivity contribution in [2.45, 2.75) is 122 Å². The molecule has 0 heterocycles. The largest absolute Gasteiger partial charge is 0.507 e. The summed E-state index contributed by atoms with van der Waals surface area (Å²) >= 11 is 0. The van der Waals surface area contributed by atoms with Crippen LogP contribution in [0, 0.1) is 0 Å². The van der Waals surface area contributed by atoms with Gasteiger partial charge in [-0.2, -0.15) is 0 Å².